The summed E-state index contributed by atoms with van der Waals surface area (Å²) in [6.45, 7) is 8.52. The molecule has 4 unspecified atom stereocenters. The second-order valence-corrected chi connectivity index (χ2v) is 8.24. The normalized spacial score (nSPS) is 36.0. The molecule has 4 atom stereocenters. The molecule has 0 saturated heterocycles. The van der Waals surface area contributed by atoms with E-state index in [0.717, 1.165) is 32.1 Å². The summed E-state index contributed by atoms with van der Waals surface area (Å²) in [4.78, 5) is 12.2. The molecular formula is C18H32O2. The minimum Gasteiger partial charge on any atom is -0.390 e. The van der Waals surface area contributed by atoms with Gasteiger partial charge in [-0.25, -0.2) is 0 Å². The molecule has 0 amide bonds. The van der Waals surface area contributed by atoms with E-state index in [1.54, 1.807) is 0 Å². The first-order valence-electron chi connectivity index (χ1n) is 8.49. The van der Waals surface area contributed by atoms with Crippen LogP contribution >= 0.6 is 0 Å². The van der Waals surface area contributed by atoms with Crippen LogP contribution in [0.2, 0.25) is 0 Å². The van der Waals surface area contributed by atoms with Crippen molar-refractivity contribution in [1.82, 2.24) is 0 Å². The highest BCUT2D eigenvalue weighted by molar-refractivity contribution is 5.83. The van der Waals surface area contributed by atoms with Crippen LogP contribution in [0.15, 0.2) is 0 Å². The first-order chi connectivity index (χ1) is 9.24. The Labute approximate surface area is 124 Å². The monoisotopic (exact) mass is 280 g/mol. The molecule has 0 aliphatic heterocycles. The van der Waals surface area contributed by atoms with E-state index in [2.05, 4.69) is 13.8 Å². The van der Waals surface area contributed by atoms with E-state index < -0.39 is 5.60 Å². The standard InChI is InChI=1S/C18H32O2/c1-13(7-5-11-17(2,3)20)14-9-10-15-16(19)8-6-12-18(14,15)4/h13-15,20H,5-12H2,1-4H3. The van der Waals surface area contributed by atoms with Crippen LogP contribution in [0.4, 0.5) is 0 Å². The fourth-order valence-corrected chi connectivity index (χ4v) is 4.96. The van der Waals surface area contributed by atoms with Crippen molar-refractivity contribution < 1.29 is 9.90 Å². The molecule has 0 aromatic heterocycles. The van der Waals surface area contributed by atoms with Crippen LogP contribution in [0.25, 0.3) is 0 Å². The summed E-state index contributed by atoms with van der Waals surface area (Å²) < 4.78 is 0. The maximum Gasteiger partial charge on any atom is 0.136 e. The fourth-order valence-electron chi connectivity index (χ4n) is 4.96. The van der Waals surface area contributed by atoms with Crippen LogP contribution in [0.5, 0.6) is 0 Å². The summed E-state index contributed by atoms with van der Waals surface area (Å²) in [6, 6.07) is 0. The highest BCUT2D eigenvalue weighted by atomic mass is 16.3. The van der Waals surface area contributed by atoms with E-state index >= 15 is 0 Å². The van der Waals surface area contributed by atoms with Crippen LogP contribution in [-0.2, 0) is 4.79 Å². The quantitative estimate of drug-likeness (QED) is 0.813. The van der Waals surface area contributed by atoms with E-state index in [9.17, 15) is 9.90 Å². The average Bonchev–Trinajstić information content (AvgIpc) is 2.66. The molecule has 116 valence electrons. The molecule has 2 nitrogen and oxygen atoms in total. The summed E-state index contributed by atoms with van der Waals surface area (Å²) in [6.07, 6.45) is 8.67. The summed E-state index contributed by atoms with van der Waals surface area (Å²) in [5, 5.41) is 9.82. The molecule has 2 heteroatoms. The Hall–Kier alpha value is -0.370. The minimum atomic E-state index is -0.539. The Morgan fingerprint density at radius 1 is 1.40 bits per heavy atom. The Morgan fingerprint density at radius 3 is 2.75 bits per heavy atom. The van der Waals surface area contributed by atoms with Crippen LogP contribution < -0.4 is 0 Å². The van der Waals surface area contributed by atoms with Gasteiger partial charge in [0, 0.05) is 12.3 Å². The van der Waals surface area contributed by atoms with E-state index in [1.165, 1.54) is 19.3 Å². The Kier molecular flexibility index (Phi) is 4.63. The van der Waals surface area contributed by atoms with E-state index in [-0.39, 0.29) is 5.41 Å². The fraction of sp³-hybridized carbons (Fsp3) is 0.944. The van der Waals surface area contributed by atoms with Crippen LogP contribution in [0.1, 0.15) is 79.1 Å². The van der Waals surface area contributed by atoms with Crippen molar-refractivity contribution in [3.05, 3.63) is 0 Å². The van der Waals surface area contributed by atoms with Gasteiger partial charge in [-0.2, -0.15) is 0 Å². The first kappa shape index (κ1) is 16.0. The molecule has 2 rings (SSSR count). The Morgan fingerprint density at radius 2 is 2.10 bits per heavy atom. The number of Topliss-reactive ketones (excluding diaryl/α,β-unsaturated/α-hetero) is 1. The van der Waals surface area contributed by atoms with Gasteiger partial charge in [0.2, 0.25) is 0 Å². The van der Waals surface area contributed by atoms with Gasteiger partial charge >= 0.3 is 0 Å². The number of aliphatic hydroxyl groups is 1. The molecule has 2 aliphatic rings. The first-order valence-corrected chi connectivity index (χ1v) is 8.49. The van der Waals surface area contributed by atoms with Gasteiger partial charge in [0.1, 0.15) is 5.78 Å². The molecular weight excluding hydrogens is 248 g/mol. The highest BCUT2D eigenvalue weighted by Gasteiger charge is 2.52. The molecule has 2 saturated carbocycles. The second kappa shape index (κ2) is 5.79. The lowest BCUT2D eigenvalue weighted by atomic mass is 9.62. The Balaban J connectivity index is 1.93. The van der Waals surface area contributed by atoms with E-state index in [0.29, 0.717) is 23.5 Å². The number of hydrogen-bond donors (Lipinski definition) is 1. The lowest BCUT2D eigenvalue weighted by Gasteiger charge is -2.42. The third-order valence-corrected chi connectivity index (χ3v) is 6.07. The average molecular weight is 280 g/mol. The van der Waals surface area contributed by atoms with Crippen LogP contribution in [0.3, 0.4) is 0 Å². The lowest BCUT2D eigenvalue weighted by Crippen LogP contribution is -2.39. The summed E-state index contributed by atoms with van der Waals surface area (Å²) in [7, 11) is 0. The molecule has 0 spiro atoms. The van der Waals surface area contributed by atoms with Crippen molar-refractivity contribution in [2.75, 3.05) is 0 Å². The molecule has 0 aromatic rings. The number of ketones is 1. The van der Waals surface area contributed by atoms with Crippen molar-refractivity contribution in [3.8, 4) is 0 Å². The number of carbonyl (C=O) groups excluding carboxylic acids is 1. The summed E-state index contributed by atoms with van der Waals surface area (Å²) in [5.74, 6) is 2.26. The lowest BCUT2D eigenvalue weighted by molar-refractivity contribution is -0.130. The molecule has 2 aliphatic carbocycles. The number of carbonyl (C=O) groups is 1. The molecule has 0 heterocycles. The summed E-state index contributed by atoms with van der Waals surface area (Å²) >= 11 is 0. The number of fused-ring (bicyclic) bond motifs is 1. The van der Waals surface area contributed by atoms with Gasteiger partial charge < -0.3 is 5.11 Å². The maximum absolute atomic E-state index is 12.2. The molecule has 0 aromatic carbocycles. The third kappa shape index (κ3) is 3.27. The number of rotatable bonds is 5. The maximum atomic E-state index is 12.2. The smallest absolute Gasteiger partial charge is 0.136 e. The van der Waals surface area contributed by atoms with Crippen molar-refractivity contribution in [2.45, 2.75) is 84.7 Å². The van der Waals surface area contributed by atoms with Crippen LogP contribution in [-0.4, -0.2) is 16.5 Å². The second-order valence-electron chi connectivity index (χ2n) is 8.24. The molecule has 1 N–H and O–H groups in total. The van der Waals surface area contributed by atoms with Gasteiger partial charge in [0.25, 0.3) is 0 Å². The predicted molar refractivity (Wildman–Crippen MR) is 82.5 cm³/mol. The predicted octanol–water partition coefficient (Wildman–Crippen LogP) is 4.35. The summed E-state index contributed by atoms with van der Waals surface area (Å²) in [5.41, 5.74) is -0.272. The zero-order valence-corrected chi connectivity index (χ0v) is 13.7. The zero-order valence-electron chi connectivity index (χ0n) is 13.7. The molecule has 0 bridgehead atoms. The van der Waals surface area contributed by atoms with Gasteiger partial charge in [-0.1, -0.05) is 26.7 Å². The van der Waals surface area contributed by atoms with Gasteiger partial charge in [-0.15, -0.1) is 0 Å². The van der Waals surface area contributed by atoms with Gasteiger partial charge in [-0.05, 0) is 63.2 Å². The topological polar surface area (TPSA) is 37.3 Å². The zero-order chi connectivity index (χ0) is 15.0. The molecule has 0 radical (unpaired) electrons. The van der Waals surface area contributed by atoms with Crippen molar-refractivity contribution in [2.24, 2.45) is 23.2 Å². The van der Waals surface area contributed by atoms with Gasteiger partial charge in [0.05, 0.1) is 5.60 Å². The van der Waals surface area contributed by atoms with E-state index in [4.69, 9.17) is 0 Å². The Bertz CT molecular complexity index is 355. The van der Waals surface area contributed by atoms with Crippen LogP contribution in [0, 0.1) is 23.2 Å². The van der Waals surface area contributed by atoms with Crippen molar-refractivity contribution >= 4 is 5.78 Å². The van der Waals surface area contributed by atoms with Gasteiger partial charge in [-0.3, -0.25) is 4.79 Å². The van der Waals surface area contributed by atoms with Crippen molar-refractivity contribution in [1.29, 1.82) is 0 Å². The minimum absolute atomic E-state index is 0.267. The number of hydrogen-bond acceptors (Lipinski definition) is 2. The largest absolute Gasteiger partial charge is 0.390 e. The third-order valence-electron chi connectivity index (χ3n) is 6.07. The van der Waals surface area contributed by atoms with E-state index in [1.807, 2.05) is 13.8 Å². The molecule has 2 fully saturated rings. The van der Waals surface area contributed by atoms with Crippen molar-refractivity contribution in [3.63, 3.8) is 0 Å². The SMILES string of the molecule is CC(CCCC(C)(C)O)C1CCC2C(=O)CCCC21C. The van der Waals surface area contributed by atoms with Gasteiger partial charge in [0.15, 0.2) is 0 Å². The highest BCUT2D eigenvalue weighted by Crippen LogP contribution is 2.57. The molecule has 20 heavy (non-hydrogen) atoms.